The highest BCUT2D eigenvalue weighted by molar-refractivity contribution is 9.10. The van der Waals surface area contributed by atoms with Crippen LogP contribution in [0.15, 0.2) is 22.7 Å². The SMILES string of the molecule is CCCC1Oc2c(Br)cccc2C1NCC. The second-order valence-electron chi connectivity index (χ2n) is 4.14. The van der Waals surface area contributed by atoms with Crippen LogP contribution in [-0.4, -0.2) is 12.6 Å². The lowest BCUT2D eigenvalue weighted by atomic mass is 10.0. The summed E-state index contributed by atoms with van der Waals surface area (Å²) in [7, 11) is 0. The Labute approximate surface area is 106 Å². The fourth-order valence-electron chi connectivity index (χ4n) is 2.29. The van der Waals surface area contributed by atoms with Crippen molar-refractivity contribution in [2.24, 2.45) is 0 Å². The number of para-hydroxylation sites is 1. The van der Waals surface area contributed by atoms with Gasteiger partial charge in [0, 0.05) is 5.56 Å². The molecule has 2 unspecified atom stereocenters. The van der Waals surface area contributed by atoms with Gasteiger partial charge in [-0.3, -0.25) is 0 Å². The number of hydrogen-bond donors (Lipinski definition) is 1. The monoisotopic (exact) mass is 283 g/mol. The first-order chi connectivity index (χ1) is 7.77. The lowest BCUT2D eigenvalue weighted by Crippen LogP contribution is -2.30. The molecule has 0 saturated heterocycles. The maximum atomic E-state index is 6.03. The van der Waals surface area contributed by atoms with Crippen molar-refractivity contribution in [3.63, 3.8) is 0 Å². The lowest BCUT2D eigenvalue weighted by Gasteiger charge is -2.18. The highest BCUT2D eigenvalue weighted by atomic mass is 79.9. The molecule has 0 aromatic heterocycles. The first-order valence-corrected chi connectivity index (χ1v) is 6.75. The number of benzene rings is 1. The Morgan fingerprint density at radius 1 is 1.38 bits per heavy atom. The van der Waals surface area contributed by atoms with E-state index in [1.54, 1.807) is 0 Å². The summed E-state index contributed by atoms with van der Waals surface area (Å²) in [6.07, 6.45) is 2.52. The zero-order valence-electron chi connectivity index (χ0n) is 9.79. The van der Waals surface area contributed by atoms with E-state index in [2.05, 4.69) is 47.2 Å². The number of hydrogen-bond acceptors (Lipinski definition) is 2. The number of fused-ring (bicyclic) bond motifs is 1. The van der Waals surface area contributed by atoms with Gasteiger partial charge in [-0.25, -0.2) is 0 Å². The zero-order valence-corrected chi connectivity index (χ0v) is 11.4. The zero-order chi connectivity index (χ0) is 11.5. The Bertz CT molecular complexity index is 367. The van der Waals surface area contributed by atoms with Gasteiger partial charge in [-0.1, -0.05) is 32.4 Å². The van der Waals surface area contributed by atoms with E-state index in [9.17, 15) is 0 Å². The Morgan fingerprint density at radius 2 is 2.19 bits per heavy atom. The summed E-state index contributed by atoms with van der Waals surface area (Å²) < 4.78 is 7.10. The Kier molecular flexibility index (Phi) is 3.87. The second-order valence-corrected chi connectivity index (χ2v) is 4.99. The molecule has 2 nitrogen and oxygen atoms in total. The van der Waals surface area contributed by atoms with Gasteiger partial charge in [-0.15, -0.1) is 0 Å². The first kappa shape index (κ1) is 11.9. The van der Waals surface area contributed by atoms with Crippen molar-refractivity contribution in [2.75, 3.05) is 6.54 Å². The quantitative estimate of drug-likeness (QED) is 0.911. The molecule has 0 amide bonds. The fourth-order valence-corrected chi connectivity index (χ4v) is 2.76. The molecule has 2 atom stereocenters. The van der Waals surface area contributed by atoms with Crippen LogP contribution in [0.25, 0.3) is 0 Å². The van der Waals surface area contributed by atoms with E-state index in [0.717, 1.165) is 29.6 Å². The molecule has 3 heteroatoms. The molecule has 1 aromatic carbocycles. The normalized spacial score (nSPS) is 22.9. The average Bonchev–Trinajstić information content (AvgIpc) is 2.61. The van der Waals surface area contributed by atoms with Crippen LogP contribution < -0.4 is 10.1 Å². The standard InChI is InChI=1S/C13H18BrNO/c1-3-6-11-12(15-4-2)9-7-5-8-10(14)13(9)16-11/h5,7-8,11-12,15H,3-4,6H2,1-2H3. The first-order valence-electron chi connectivity index (χ1n) is 5.96. The van der Waals surface area contributed by atoms with Crippen LogP contribution in [0.5, 0.6) is 5.75 Å². The van der Waals surface area contributed by atoms with Gasteiger partial charge >= 0.3 is 0 Å². The number of rotatable bonds is 4. The smallest absolute Gasteiger partial charge is 0.138 e. The lowest BCUT2D eigenvalue weighted by molar-refractivity contribution is 0.178. The van der Waals surface area contributed by atoms with E-state index in [0.29, 0.717) is 6.04 Å². The Morgan fingerprint density at radius 3 is 2.88 bits per heavy atom. The van der Waals surface area contributed by atoms with E-state index >= 15 is 0 Å². The van der Waals surface area contributed by atoms with Crippen molar-refractivity contribution in [3.05, 3.63) is 28.2 Å². The molecule has 16 heavy (non-hydrogen) atoms. The van der Waals surface area contributed by atoms with Crippen LogP contribution in [0.3, 0.4) is 0 Å². The summed E-state index contributed by atoms with van der Waals surface area (Å²) in [5.41, 5.74) is 1.29. The summed E-state index contributed by atoms with van der Waals surface area (Å²) >= 11 is 3.55. The molecule has 1 heterocycles. The minimum atomic E-state index is 0.277. The largest absolute Gasteiger partial charge is 0.487 e. The minimum absolute atomic E-state index is 0.277. The molecule has 2 rings (SSSR count). The van der Waals surface area contributed by atoms with E-state index in [4.69, 9.17) is 4.74 Å². The van der Waals surface area contributed by atoms with Crippen LogP contribution in [0.1, 0.15) is 38.3 Å². The van der Waals surface area contributed by atoms with Crippen molar-refractivity contribution < 1.29 is 4.74 Å². The van der Waals surface area contributed by atoms with E-state index < -0.39 is 0 Å². The van der Waals surface area contributed by atoms with Crippen LogP contribution >= 0.6 is 15.9 Å². The average molecular weight is 284 g/mol. The molecule has 0 aliphatic carbocycles. The molecule has 1 aromatic rings. The summed E-state index contributed by atoms with van der Waals surface area (Å²) in [6.45, 7) is 5.31. The van der Waals surface area contributed by atoms with Crippen LogP contribution in [0.2, 0.25) is 0 Å². The van der Waals surface area contributed by atoms with Crippen LogP contribution in [-0.2, 0) is 0 Å². The van der Waals surface area contributed by atoms with Crippen molar-refractivity contribution in [1.29, 1.82) is 0 Å². The Hall–Kier alpha value is -0.540. The molecule has 1 N–H and O–H groups in total. The molecule has 1 aliphatic rings. The molecular weight excluding hydrogens is 266 g/mol. The second kappa shape index (κ2) is 5.19. The predicted octanol–water partition coefficient (Wildman–Crippen LogP) is 3.66. The summed E-state index contributed by atoms with van der Waals surface area (Å²) in [5, 5.41) is 3.52. The number of ether oxygens (including phenoxy) is 1. The van der Waals surface area contributed by atoms with Gasteiger partial charge < -0.3 is 10.1 Å². The van der Waals surface area contributed by atoms with Crippen molar-refractivity contribution in [2.45, 2.75) is 38.8 Å². The van der Waals surface area contributed by atoms with Gasteiger partial charge in [0.25, 0.3) is 0 Å². The van der Waals surface area contributed by atoms with Crippen LogP contribution in [0.4, 0.5) is 0 Å². The highest BCUT2D eigenvalue weighted by Crippen LogP contribution is 2.42. The van der Waals surface area contributed by atoms with Gasteiger partial charge in [0.15, 0.2) is 0 Å². The van der Waals surface area contributed by atoms with Gasteiger partial charge in [-0.05, 0) is 35.0 Å². The third-order valence-electron chi connectivity index (χ3n) is 2.97. The molecule has 0 fully saturated rings. The maximum absolute atomic E-state index is 6.03. The summed E-state index contributed by atoms with van der Waals surface area (Å²) in [6, 6.07) is 6.61. The Balaban J connectivity index is 2.29. The van der Waals surface area contributed by atoms with Gasteiger partial charge in [-0.2, -0.15) is 0 Å². The van der Waals surface area contributed by atoms with Crippen molar-refractivity contribution in [1.82, 2.24) is 5.32 Å². The molecule has 0 radical (unpaired) electrons. The summed E-state index contributed by atoms with van der Waals surface area (Å²) in [4.78, 5) is 0. The van der Waals surface area contributed by atoms with Gasteiger partial charge in [0.2, 0.25) is 0 Å². The topological polar surface area (TPSA) is 21.3 Å². The number of halogens is 1. The van der Waals surface area contributed by atoms with E-state index in [-0.39, 0.29) is 6.10 Å². The van der Waals surface area contributed by atoms with E-state index in [1.165, 1.54) is 5.56 Å². The summed E-state index contributed by atoms with van der Waals surface area (Å²) in [5.74, 6) is 1.02. The van der Waals surface area contributed by atoms with Gasteiger partial charge in [0.1, 0.15) is 11.9 Å². The van der Waals surface area contributed by atoms with Gasteiger partial charge in [0.05, 0.1) is 10.5 Å². The van der Waals surface area contributed by atoms with Crippen molar-refractivity contribution in [3.8, 4) is 5.75 Å². The highest BCUT2D eigenvalue weighted by Gasteiger charge is 2.33. The number of likely N-dealkylation sites (N-methyl/N-ethyl adjacent to an activating group) is 1. The maximum Gasteiger partial charge on any atom is 0.138 e. The third kappa shape index (κ3) is 2.11. The molecule has 0 saturated carbocycles. The molecule has 1 aliphatic heterocycles. The minimum Gasteiger partial charge on any atom is -0.487 e. The van der Waals surface area contributed by atoms with E-state index in [1.807, 2.05) is 6.07 Å². The molecule has 0 spiro atoms. The molecule has 88 valence electrons. The predicted molar refractivity (Wildman–Crippen MR) is 69.9 cm³/mol. The third-order valence-corrected chi connectivity index (χ3v) is 3.60. The van der Waals surface area contributed by atoms with Crippen LogP contribution in [0, 0.1) is 0 Å². The fraction of sp³-hybridized carbons (Fsp3) is 0.538. The van der Waals surface area contributed by atoms with Crippen molar-refractivity contribution >= 4 is 15.9 Å². The molecular formula is C13H18BrNO. The number of nitrogens with one attached hydrogen (secondary N) is 1. The molecule has 0 bridgehead atoms.